The van der Waals surface area contributed by atoms with E-state index in [0.717, 1.165) is 6.20 Å². The van der Waals surface area contributed by atoms with Crippen molar-refractivity contribution < 1.29 is 23.2 Å². The van der Waals surface area contributed by atoms with Crippen LogP contribution in [0.5, 0.6) is 5.75 Å². The van der Waals surface area contributed by atoms with Crippen LogP contribution in [0.1, 0.15) is 23.0 Å². The monoisotopic (exact) mass is 340 g/mol. The van der Waals surface area contributed by atoms with Crippen LogP contribution < -0.4 is 10.1 Å². The maximum atomic E-state index is 12.4. The number of carbonyl (C=O) groups excluding carboxylic acids is 1. The molecule has 0 bridgehead atoms. The van der Waals surface area contributed by atoms with Crippen LogP contribution in [0, 0.1) is 17.0 Å². The van der Waals surface area contributed by atoms with Crippen LogP contribution in [0.15, 0.2) is 24.4 Å². The van der Waals surface area contributed by atoms with Crippen LogP contribution >= 0.6 is 0 Å². The van der Waals surface area contributed by atoms with E-state index in [0.29, 0.717) is 12.1 Å². The Morgan fingerprint density at radius 1 is 1.50 bits per heavy atom. The molecular formula is C14H14F2N4O4. The average Bonchev–Trinajstić information content (AvgIpc) is 2.94. The normalized spacial score (nSPS) is 10.7. The van der Waals surface area contributed by atoms with Gasteiger partial charge in [0.05, 0.1) is 10.6 Å². The van der Waals surface area contributed by atoms with Crippen LogP contribution in [0.4, 0.5) is 20.2 Å². The maximum absolute atomic E-state index is 12.4. The molecule has 1 heterocycles. The lowest BCUT2D eigenvalue weighted by Crippen LogP contribution is -2.16. The lowest BCUT2D eigenvalue weighted by Gasteiger charge is -2.12. The van der Waals surface area contributed by atoms with Gasteiger partial charge in [-0.2, -0.15) is 13.9 Å². The lowest BCUT2D eigenvalue weighted by atomic mass is 10.2. The molecule has 2 rings (SSSR count). The summed E-state index contributed by atoms with van der Waals surface area (Å²) in [4.78, 5) is 22.6. The highest BCUT2D eigenvalue weighted by Crippen LogP contribution is 2.28. The molecule has 0 atom stereocenters. The molecule has 128 valence electrons. The molecule has 1 N–H and O–H groups in total. The zero-order chi connectivity index (χ0) is 17.9. The van der Waals surface area contributed by atoms with Gasteiger partial charge in [0, 0.05) is 6.54 Å². The summed E-state index contributed by atoms with van der Waals surface area (Å²) >= 11 is 0. The number of hydrogen-bond acceptors (Lipinski definition) is 5. The number of nitrogens with one attached hydrogen (secondary N) is 1. The Morgan fingerprint density at radius 3 is 2.79 bits per heavy atom. The average molecular weight is 340 g/mol. The van der Waals surface area contributed by atoms with E-state index >= 15 is 0 Å². The minimum Gasteiger partial charge on any atom is -0.433 e. The zero-order valence-corrected chi connectivity index (χ0v) is 12.8. The number of hydrogen-bond donors (Lipinski definition) is 1. The number of aryl methyl sites for hydroxylation is 2. The van der Waals surface area contributed by atoms with Crippen molar-refractivity contribution in [1.29, 1.82) is 0 Å². The topological polar surface area (TPSA) is 99.3 Å². The first-order valence-electron chi connectivity index (χ1n) is 6.90. The predicted molar refractivity (Wildman–Crippen MR) is 80.3 cm³/mol. The number of carbonyl (C=O) groups is 1. The summed E-state index contributed by atoms with van der Waals surface area (Å²) in [5.74, 6) is -1.14. The van der Waals surface area contributed by atoms with E-state index in [1.54, 1.807) is 13.8 Å². The van der Waals surface area contributed by atoms with Crippen LogP contribution in [0.25, 0.3) is 0 Å². The second kappa shape index (κ2) is 7.02. The second-order valence-corrected chi connectivity index (χ2v) is 4.81. The number of halogens is 2. The van der Waals surface area contributed by atoms with E-state index in [2.05, 4.69) is 15.2 Å². The van der Waals surface area contributed by atoms with Crippen LogP contribution in [-0.2, 0) is 6.54 Å². The van der Waals surface area contributed by atoms with Crippen molar-refractivity contribution in [2.75, 3.05) is 5.32 Å². The highest BCUT2D eigenvalue weighted by atomic mass is 19.3. The van der Waals surface area contributed by atoms with E-state index in [-0.39, 0.29) is 11.4 Å². The number of benzene rings is 1. The summed E-state index contributed by atoms with van der Waals surface area (Å²) in [6.45, 7) is 0.652. The van der Waals surface area contributed by atoms with Crippen LogP contribution in [0.2, 0.25) is 0 Å². The molecule has 0 aliphatic heterocycles. The summed E-state index contributed by atoms with van der Waals surface area (Å²) in [6, 6.07) is 4.22. The van der Waals surface area contributed by atoms with Gasteiger partial charge < -0.3 is 10.1 Å². The Kier molecular flexibility index (Phi) is 5.07. The van der Waals surface area contributed by atoms with Gasteiger partial charge in [0.15, 0.2) is 0 Å². The number of rotatable bonds is 6. The summed E-state index contributed by atoms with van der Waals surface area (Å²) in [6.07, 6.45) is 1.13. The van der Waals surface area contributed by atoms with Gasteiger partial charge in [-0.1, -0.05) is 6.07 Å². The summed E-state index contributed by atoms with van der Waals surface area (Å²) in [5.41, 5.74) is -0.231. The number of alkyl halides is 2. The molecular weight excluding hydrogens is 326 g/mol. The lowest BCUT2D eigenvalue weighted by molar-refractivity contribution is -0.385. The van der Waals surface area contributed by atoms with Gasteiger partial charge in [0.1, 0.15) is 11.9 Å². The molecule has 0 aliphatic rings. The molecule has 1 aromatic carbocycles. The Morgan fingerprint density at radius 2 is 2.21 bits per heavy atom. The molecule has 2 aromatic rings. The summed E-state index contributed by atoms with van der Waals surface area (Å²) < 4.78 is 30.5. The van der Waals surface area contributed by atoms with E-state index in [1.807, 2.05) is 0 Å². The SMILES string of the molecule is CCn1cc([N+](=O)[O-])c(C(=O)Nc2cc(C)ccc2OC(F)F)n1. The van der Waals surface area contributed by atoms with Gasteiger partial charge >= 0.3 is 12.3 Å². The summed E-state index contributed by atoms with van der Waals surface area (Å²) in [7, 11) is 0. The molecule has 0 saturated carbocycles. The molecule has 0 fully saturated rings. The Bertz CT molecular complexity index is 776. The number of amides is 1. The Labute approximate surface area is 135 Å². The van der Waals surface area contributed by atoms with Gasteiger partial charge in [-0.05, 0) is 31.5 Å². The second-order valence-electron chi connectivity index (χ2n) is 4.81. The Balaban J connectivity index is 2.35. The predicted octanol–water partition coefficient (Wildman–Crippen LogP) is 2.97. The zero-order valence-electron chi connectivity index (χ0n) is 12.8. The molecule has 0 saturated heterocycles. The quantitative estimate of drug-likeness (QED) is 0.644. The number of anilines is 1. The van der Waals surface area contributed by atoms with Gasteiger partial charge in [-0.3, -0.25) is 19.6 Å². The standard InChI is InChI=1S/C14H14F2N4O4/c1-3-19-7-10(20(22)23)12(18-19)13(21)17-9-6-8(2)4-5-11(9)24-14(15)16/h4-7,14H,3H2,1-2H3,(H,17,21). The molecule has 1 aromatic heterocycles. The van der Waals surface area contributed by atoms with Crippen molar-refractivity contribution in [1.82, 2.24) is 9.78 Å². The first kappa shape index (κ1) is 17.3. The van der Waals surface area contributed by atoms with E-state index in [4.69, 9.17) is 0 Å². The summed E-state index contributed by atoms with van der Waals surface area (Å²) in [5, 5.41) is 17.2. The maximum Gasteiger partial charge on any atom is 0.387 e. The van der Waals surface area contributed by atoms with Crippen molar-refractivity contribution >= 4 is 17.3 Å². The third-order valence-corrected chi connectivity index (χ3v) is 3.08. The largest absolute Gasteiger partial charge is 0.433 e. The number of aromatic nitrogens is 2. The molecule has 24 heavy (non-hydrogen) atoms. The van der Waals surface area contributed by atoms with E-state index in [9.17, 15) is 23.7 Å². The molecule has 0 aliphatic carbocycles. The van der Waals surface area contributed by atoms with Crippen LogP contribution in [0.3, 0.4) is 0 Å². The molecule has 10 heteroatoms. The molecule has 0 radical (unpaired) electrons. The number of nitrogens with zero attached hydrogens (tertiary/aromatic N) is 3. The molecule has 1 amide bonds. The highest BCUT2D eigenvalue weighted by molar-refractivity contribution is 6.06. The Hall–Kier alpha value is -3.04. The van der Waals surface area contributed by atoms with Crippen molar-refractivity contribution in [2.24, 2.45) is 0 Å². The van der Waals surface area contributed by atoms with Gasteiger partial charge in [-0.15, -0.1) is 0 Å². The van der Waals surface area contributed by atoms with Crippen molar-refractivity contribution in [2.45, 2.75) is 27.0 Å². The van der Waals surface area contributed by atoms with Gasteiger partial charge in [-0.25, -0.2) is 0 Å². The first-order chi connectivity index (χ1) is 11.3. The number of ether oxygens (including phenoxy) is 1. The highest BCUT2D eigenvalue weighted by Gasteiger charge is 2.26. The first-order valence-corrected chi connectivity index (χ1v) is 6.90. The van der Waals surface area contributed by atoms with Gasteiger partial charge in [0.25, 0.3) is 5.91 Å². The third kappa shape index (κ3) is 3.83. The fourth-order valence-corrected chi connectivity index (χ4v) is 1.99. The number of nitro groups is 1. The van der Waals surface area contributed by atoms with Crippen LogP contribution in [-0.4, -0.2) is 27.2 Å². The fourth-order valence-electron chi connectivity index (χ4n) is 1.99. The molecule has 0 unspecified atom stereocenters. The van der Waals surface area contributed by atoms with E-state index < -0.39 is 28.8 Å². The molecule has 0 spiro atoms. The fraction of sp³-hybridized carbons (Fsp3) is 0.286. The molecule has 8 nitrogen and oxygen atoms in total. The van der Waals surface area contributed by atoms with Gasteiger partial charge in [0.2, 0.25) is 5.69 Å². The van der Waals surface area contributed by atoms with E-state index in [1.165, 1.54) is 22.9 Å². The van der Waals surface area contributed by atoms with Crippen molar-refractivity contribution in [3.63, 3.8) is 0 Å². The minimum absolute atomic E-state index is 0.0272. The third-order valence-electron chi connectivity index (χ3n) is 3.08. The van der Waals surface area contributed by atoms with Crippen molar-refractivity contribution in [3.8, 4) is 5.75 Å². The smallest absolute Gasteiger partial charge is 0.387 e. The minimum atomic E-state index is -3.07. The van der Waals surface area contributed by atoms with Crippen molar-refractivity contribution in [3.05, 3.63) is 45.8 Å².